The Bertz CT molecular complexity index is 402. The van der Waals surface area contributed by atoms with Gasteiger partial charge in [0.1, 0.15) is 0 Å². The lowest BCUT2D eigenvalue weighted by molar-refractivity contribution is 0.0697. The van der Waals surface area contributed by atoms with Crippen molar-refractivity contribution >= 4 is 11.7 Å². The summed E-state index contributed by atoms with van der Waals surface area (Å²) in [6.07, 6.45) is 2.05. The van der Waals surface area contributed by atoms with E-state index in [9.17, 15) is 4.79 Å². The SMILES string of the molecule is CCC(CC)N(CCOC)c1cccc(C(=O)O)c1. The van der Waals surface area contributed by atoms with Crippen molar-refractivity contribution in [3.63, 3.8) is 0 Å². The van der Waals surface area contributed by atoms with E-state index in [1.165, 1.54) is 0 Å². The molecule has 0 spiro atoms. The van der Waals surface area contributed by atoms with Crippen LogP contribution in [0.1, 0.15) is 37.0 Å². The van der Waals surface area contributed by atoms with Crippen LogP contribution in [0.4, 0.5) is 5.69 Å². The summed E-state index contributed by atoms with van der Waals surface area (Å²) in [5, 5.41) is 9.08. The second kappa shape index (κ2) is 7.79. The molecular weight excluding hydrogens is 242 g/mol. The highest BCUT2D eigenvalue weighted by Crippen LogP contribution is 2.21. The molecule has 0 amide bonds. The predicted octanol–water partition coefficient (Wildman–Crippen LogP) is 3.03. The first kappa shape index (κ1) is 15.5. The van der Waals surface area contributed by atoms with Crippen molar-refractivity contribution < 1.29 is 14.6 Å². The van der Waals surface area contributed by atoms with Gasteiger partial charge in [-0.05, 0) is 31.0 Å². The molecule has 0 heterocycles. The smallest absolute Gasteiger partial charge is 0.335 e. The molecule has 1 aromatic carbocycles. The van der Waals surface area contributed by atoms with Crippen LogP contribution in [0.15, 0.2) is 24.3 Å². The molecule has 0 unspecified atom stereocenters. The highest BCUT2D eigenvalue weighted by Gasteiger charge is 2.16. The zero-order valence-electron chi connectivity index (χ0n) is 11.9. The van der Waals surface area contributed by atoms with Crippen molar-refractivity contribution in [2.24, 2.45) is 0 Å². The fourth-order valence-electron chi connectivity index (χ4n) is 2.26. The Morgan fingerprint density at radius 1 is 1.37 bits per heavy atom. The van der Waals surface area contributed by atoms with Crippen LogP contribution in [-0.2, 0) is 4.74 Å². The molecule has 0 bridgehead atoms. The van der Waals surface area contributed by atoms with Crippen LogP contribution >= 0.6 is 0 Å². The van der Waals surface area contributed by atoms with Crippen LogP contribution < -0.4 is 4.90 Å². The molecule has 0 fully saturated rings. The second-order valence-corrected chi connectivity index (χ2v) is 4.51. The molecule has 4 heteroatoms. The number of benzene rings is 1. The number of nitrogens with zero attached hydrogens (tertiary/aromatic N) is 1. The Morgan fingerprint density at radius 2 is 2.05 bits per heavy atom. The number of hydrogen-bond donors (Lipinski definition) is 1. The Kier molecular flexibility index (Phi) is 6.36. The average Bonchev–Trinajstić information content (AvgIpc) is 2.43. The summed E-state index contributed by atoms with van der Waals surface area (Å²) in [5.41, 5.74) is 1.27. The Balaban J connectivity index is 3.01. The Labute approximate surface area is 115 Å². The molecule has 0 atom stereocenters. The average molecular weight is 265 g/mol. The van der Waals surface area contributed by atoms with E-state index in [1.807, 2.05) is 6.07 Å². The molecule has 1 aromatic rings. The highest BCUT2D eigenvalue weighted by molar-refractivity contribution is 5.88. The summed E-state index contributed by atoms with van der Waals surface area (Å²) < 4.78 is 5.15. The third-order valence-corrected chi connectivity index (χ3v) is 3.34. The number of rotatable bonds is 8. The van der Waals surface area contributed by atoms with E-state index in [2.05, 4.69) is 18.7 Å². The first-order valence-electron chi connectivity index (χ1n) is 6.72. The van der Waals surface area contributed by atoms with E-state index in [-0.39, 0.29) is 0 Å². The van der Waals surface area contributed by atoms with E-state index < -0.39 is 5.97 Å². The summed E-state index contributed by atoms with van der Waals surface area (Å²) in [7, 11) is 1.68. The van der Waals surface area contributed by atoms with Crippen molar-refractivity contribution in [1.29, 1.82) is 0 Å². The van der Waals surface area contributed by atoms with E-state index in [0.29, 0.717) is 18.2 Å². The van der Waals surface area contributed by atoms with Gasteiger partial charge in [-0.15, -0.1) is 0 Å². The number of carbonyl (C=O) groups is 1. The molecule has 0 saturated carbocycles. The van der Waals surface area contributed by atoms with Crippen molar-refractivity contribution in [3.05, 3.63) is 29.8 Å². The van der Waals surface area contributed by atoms with Gasteiger partial charge in [0, 0.05) is 25.4 Å². The minimum atomic E-state index is -0.891. The van der Waals surface area contributed by atoms with Crippen LogP contribution in [0.2, 0.25) is 0 Å². The minimum absolute atomic E-state index is 0.325. The van der Waals surface area contributed by atoms with E-state index in [1.54, 1.807) is 25.3 Å². The zero-order chi connectivity index (χ0) is 14.3. The molecule has 1 rings (SSSR count). The van der Waals surface area contributed by atoms with Crippen LogP contribution in [0.25, 0.3) is 0 Å². The van der Waals surface area contributed by atoms with Crippen LogP contribution in [0, 0.1) is 0 Å². The summed E-state index contributed by atoms with van der Waals surface area (Å²) >= 11 is 0. The summed E-state index contributed by atoms with van der Waals surface area (Å²) in [4.78, 5) is 13.3. The molecular formula is C15H23NO3. The van der Waals surface area contributed by atoms with Gasteiger partial charge in [-0.2, -0.15) is 0 Å². The van der Waals surface area contributed by atoms with Gasteiger partial charge >= 0.3 is 5.97 Å². The van der Waals surface area contributed by atoms with E-state index in [0.717, 1.165) is 25.1 Å². The zero-order valence-corrected chi connectivity index (χ0v) is 11.9. The number of anilines is 1. The second-order valence-electron chi connectivity index (χ2n) is 4.51. The molecule has 0 radical (unpaired) electrons. The van der Waals surface area contributed by atoms with Crippen molar-refractivity contribution in [1.82, 2.24) is 0 Å². The molecule has 0 aromatic heterocycles. The molecule has 0 saturated heterocycles. The third kappa shape index (κ3) is 4.24. The molecule has 0 aliphatic carbocycles. The normalized spacial score (nSPS) is 10.7. The van der Waals surface area contributed by atoms with Crippen molar-refractivity contribution in [2.45, 2.75) is 32.7 Å². The quantitative estimate of drug-likeness (QED) is 0.785. The van der Waals surface area contributed by atoms with Gasteiger partial charge in [-0.3, -0.25) is 0 Å². The van der Waals surface area contributed by atoms with Gasteiger partial charge in [0.15, 0.2) is 0 Å². The fraction of sp³-hybridized carbons (Fsp3) is 0.533. The van der Waals surface area contributed by atoms with Gasteiger partial charge in [0.05, 0.1) is 12.2 Å². The lowest BCUT2D eigenvalue weighted by atomic mass is 10.1. The molecule has 4 nitrogen and oxygen atoms in total. The molecule has 0 aliphatic rings. The van der Waals surface area contributed by atoms with Crippen LogP contribution in [0.3, 0.4) is 0 Å². The Hall–Kier alpha value is -1.55. The molecule has 1 N–H and O–H groups in total. The summed E-state index contributed by atoms with van der Waals surface area (Å²) in [6, 6.07) is 7.50. The number of methoxy groups -OCH3 is 1. The van der Waals surface area contributed by atoms with Gasteiger partial charge in [0.2, 0.25) is 0 Å². The van der Waals surface area contributed by atoms with Gasteiger partial charge in [-0.1, -0.05) is 19.9 Å². The number of aromatic carboxylic acids is 1. The van der Waals surface area contributed by atoms with Gasteiger partial charge in [-0.25, -0.2) is 4.79 Å². The lowest BCUT2D eigenvalue weighted by Crippen LogP contribution is -2.37. The molecule has 19 heavy (non-hydrogen) atoms. The topological polar surface area (TPSA) is 49.8 Å². The number of ether oxygens (including phenoxy) is 1. The van der Waals surface area contributed by atoms with Gasteiger partial charge < -0.3 is 14.7 Å². The van der Waals surface area contributed by atoms with Crippen molar-refractivity contribution in [3.8, 4) is 0 Å². The number of hydrogen-bond acceptors (Lipinski definition) is 3. The highest BCUT2D eigenvalue weighted by atomic mass is 16.5. The number of carboxylic acids is 1. The maximum Gasteiger partial charge on any atom is 0.335 e. The van der Waals surface area contributed by atoms with Crippen molar-refractivity contribution in [2.75, 3.05) is 25.2 Å². The first-order chi connectivity index (χ1) is 9.13. The van der Waals surface area contributed by atoms with E-state index in [4.69, 9.17) is 9.84 Å². The van der Waals surface area contributed by atoms with E-state index >= 15 is 0 Å². The largest absolute Gasteiger partial charge is 0.478 e. The monoisotopic (exact) mass is 265 g/mol. The standard InChI is InChI=1S/C15H23NO3/c1-4-13(5-2)16(9-10-19-3)14-8-6-7-12(11-14)15(17)18/h6-8,11,13H,4-5,9-10H2,1-3H3,(H,17,18). The maximum absolute atomic E-state index is 11.1. The van der Waals surface area contributed by atoms with Crippen LogP contribution in [0.5, 0.6) is 0 Å². The summed E-state index contributed by atoms with van der Waals surface area (Å²) in [5.74, 6) is -0.891. The van der Waals surface area contributed by atoms with Crippen LogP contribution in [-0.4, -0.2) is 37.4 Å². The Morgan fingerprint density at radius 3 is 2.58 bits per heavy atom. The number of carboxylic acid groups (broad SMARTS) is 1. The third-order valence-electron chi connectivity index (χ3n) is 3.34. The predicted molar refractivity (Wildman–Crippen MR) is 77.0 cm³/mol. The molecule has 106 valence electrons. The fourth-order valence-corrected chi connectivity index (χ4v) is 2.26. The van der Waals surface area contributed by atoms with Gasteiger partial charge in [0.25, 0.3) is 0 Å². The first-order valence-corrected chi connectivity index (χ1v) is 6.72. The maximum atomic E-state index is 11.1. The summed E-state index contributed by atoms with van der Waals surface area (Å²) in [6.45, 7) is 5.70. The lowest BCUT2D eigenvalue weighted by Gasteiger charge is -2.32. The molecule has 0 aliphatic heterocycles. The minimum Gasteiger partial charge on any atom is -0.478 e.